The van der Waals surface area contributed by atoms with E-state index in [0.717, 1.165) is 23.2 Å². The lowest BCUT2D eigenvalue weighted by atomic mass is 10.4. The van der Waals surface area contributed by atoms with Gasteiger partial charge in [0.1, 0.15) is 11.1 Å². The Morgan fingerprint density at radius 1 is 1.71 bits per heavy atom. The third kappa shape index (κ3) is 3.17. The minimum Gasteiger partial charge on any atom is -0.375 e. The molecule has 0 fully saturated rings. The largest absolute Gasteiger partial charge is 0.375 e. The summed E-state index contributed by atoms with van der Waals surface area (Å²) in [6.07, 6.45) is 0.0655. The van der Waals surface area contributed by atoms with Crippen LogP contribution in [-0.4, -0.2) is 30.6 Å². The van der Waals surface area contributed by atoms with Crippen molar-refractivity contribution in [3.63, 3.8) is 0 Å². The molecule has 1 aliphatic rings. The number of nitrogens with zero attached hydrogens (tertiary/aromatic N) is 2. The number of nitrogens with one attached hydrogen (secondary N) is 2. The summed E-state index contributed by atoms with van der Waals surface area (Å²) in [6, 6.07) is 0.428. The molecule has 17 heavy (non-hydrogen) atoms. The standard InChI is InChI=1S/C11H18N4OS/c1-7-4-12-11(14-7)13-5-9-6-17-10(15-9)8(2)16-3/h6-8H,4-5H2,1-3H3,(H2,12,13,14). The Labute approximate surface area is 105 Å². The van der Waals surface area contributed by atoms with Crippen LogP contribution in [0.2, 0.25) is 0 Å². The zero-order valence-electron chi connectivity index (χ0n) is 10.4. The van der Waals surface area contributed by atoms with Crippen molar-refractivity contribution in [2.45, 2.75) is 32.5 Å². The minimum absolute atomic E-state index is 0.0655. The van der Waals surface area contributed by atoms with Crippen molar-refractivity contribution in [3.8, 4) is 0 Å². The van der Waals surface area contributed by atoms with Gasteiger partial charge in [-0.25, -0.2) is 4.98 Å². The lowest BCUT2D eigenvalue weighted by molar-refractivity contribution is 0.119. The molecule has 0 spiro atoms. The maximum atomic E-state index is 5.23. The number of ether oxygens (including phenoxy) is 1. The maximum absolute atomic E-state index is 5.23. The molecule has 6 heteroatoms. The van der Waals surface area contributed by atoms with Gasteiger partial charge in [-0.2, -0.15) is 0 Å². The lowest BCUT2D eigenvalue weighted by Crippen LogP contribution is -2.37. The van der Waals surface area contributed by atoms with Crippen LogP contribution < -0.4 is 10.6 Å². The molecular formula is C11H18N4OS. The third-order valence-electron chi connectivity index (χ3n) is 2.61. The van der Waals surface area contributed by atoms with Crippen molar-refractivity contribution >= 4 is 17.3 Å². The van der Waals surface area contributed by atoms with E-state index < -0.39 is 0 Å². The zero-order chi connectivity index (χ0) is 12.3. The molecule has 0 saturated heterocycles. The SMILES string of the molecule is COC(C)c1nc(CNC2=NCC(C)N2)cs1. The van der Waals surface area contributed by atoms with Crippen molar-refractivity contribution in [2.24, 2.45) is 4.99 Å². The topological polar surface area (TPSA) is 58.5 Å². The van der Waals surface area contributed by atoms with E-state index in [4.69, 9.17) is 4.74 Å². The summed E-state index contributed by atoms with van der Waals surface area (Å²) < 4.78 is 5.23. The van der Waals surface area contributed by atoms with Crippen LogP contribution in [0, 0.1) is 0 Å². The van der Waals surface area contributed by atoms with Crippen LogP contribution in [-0.2, 0) is 11.3 Å². The highest BCUT2D eigenvalue weighted by Gasteiger charge is 2.13. The van der Waals surface area contributed by atoms with Crippen molar-refractivity contribution in [1.82, 2.24) is 15.6 Å². The van der Waals surface area contributed by atoms with E-state index in [1.807, 2.05) is 6.92 Å². The highest BCUT2D eigenvalue weighted by atomic mass is 32.1. The molecule has 0 bridgehead atoms. The van der Waals surface area contributed by atoms with Gasteiger partial charge in [-0.3, -0.25) is 4.99 Å². The fourth-order valence-corrected chi connectivity index (χ4v) is 2.38. The Balaban J connectivity index is 1.85. The smallest absolute Gasteiger partial charge is 0.191 e. The van der Waals surface area contributed by atoms with Crippen LogP contribution in [0.25, 0.3) is 0 Å². The van der Waals surface area contributed by atoms with Gasteiger partial charge in [-0.05, 0) is 13.8 Å². The average Bonchev–Trinajstić information content (AvgIpc) is 2.94. The first-order valence-corrected chi connectivity index (χ1v) is 6.59. The maximum Gasteiger partial charge on any atom is 0.191 e. The van der Waals surface area contributed by atoms with Gasteiger partial charge >= 0.3 is 0 Å². The molecule has 2 atom stereocenters. The molecule has 0 saturated carbocycles. The van der Waals surface area contributed by atoms with Gasteiger partial charge in [0, 0.05) is 18.5 Å². The van der Waals surface area contributed by atoms with Gasteiger partial charge in [-0.15, -0.1) is 11.3 Å². The van der Waals surface area contributed by atoms with Gasteiger partial charge < -0.3 is 15.4 Å². The van der Waals surface area contributed by atoms with Crippen LogP contribution in [0.4, 0.5) is 0 Å². The molecule has 1 aliphatic heterocycles. The molecule has 2 heterocycles. The Morgan fingerprint density at radius 3 is 3.18 bits per heavy atom. The van der Waals surface area contributed by atoms with Crippen LogP contribution in [0.5, 0.6) is 0 Å². The van der Waals surface area contributed by atoms with Crippen LogP contribution in [0.3, 0.4) is 0 Å². The number of aliphatic imine (C=N–C) groups is 1. The molecule has 0 radical (unpaired) electrons. The van der Waals surface area contributed by atoms with Crippen molar-refractivity contribution in [3.05, 3.63) is 16.1 Å². The van der Waals surface area contributed by atoms with E-state index in [0.29, 0.717) is 12.6 Å². The Bertz CT molecular complexity index is 404. The number of aromatic nitrogens is 1. The number of hydrogen-bond donors (Lipinski definition) is 2. The van der Waals surface area contributed by atoms with Crippen molar-refractivity contribution < 1.29 is 4.74 Å². The Kier molecular flexibility index (Phi) is 3.96. The number of rotatable bonds is 4. The molecule has 2 rings (SSSR count). The summed E-state index contributed by atoms with van der Waals surface area (Å²) >= 11 is 1.63. The first-order chi connectivity index (χ1) is 8.19. The third-order valence-corrected chi connectivity index (χ3v) is 3.67. The summed E-state index contributed by atoms with van der Waals surface area (Å²) in [5.74, 6) is 0.867. The predicted octanol–water partition coefficient (Wildman–Crippen LogP) is 1.29. The molecule has 2 unspecified atom stereocenters. The summed E-state index contributed by atoms with van der Waals surface area (Å²) in [7, 11) is 1.70. The number of guanidine groups is 1. The number of thiazole rings is 1. The normalized spacial score (nSPS) is 20.9. The highest BCUT2D eigenvalue weighted by molar-refractivity contribution is 7.09. The monoisotopic (exact) mass is 254 g/mol. The Morgan fingerprint density at radius 2 is 2.53 bits per heavy atom. The van der Waals surface area contributed by atoms with Gasteiger partial charge in [0.15, 0.2) is 5.96 Å². The van der Waals surface area contributed by atoms with Gasteiger partial charge in [0.2, 0.25) is 0 Å². The van der Waals surface area contributed by atoms with Crippen LogP contribution in [0.15, 0.2) is 10.4 Å². The van der Waals surface area contributed by atoms with E-state index in [-0.39, 0.29) is 6.10 Å². The number of hydrogen-bond acceptors (Lipinski definition) is 6. The zero-order valence-corrected chi connectivity index (χ0v) is 11.2. The van der Waals surface area contributed by atoms with E-state index >= 15 is 0 Å². The van der Waals surface area contributed by atoms with Crippen molar-refractivity contribution in [2.75, 3.05) is 13.7 Å². The second-order valence-corrected chi connectivity index (χ2v) is 5.03. The first kappa shape index (κ1) is 12.3. The molecular weight excluding hydrogens is 236 g/mol. The van der Waals surface area contributed by atoms with E-state index in [2.05, 4.69) is 32.9 Å². The molecule has 94 valence electrons. The second-order valence-electron chi connectivity index (χ2n) is 4.14. The van der Waals surface area contributed by atoms with Gasteiger partial charge in [0.25, 0.3) is 0 Å². The molecule has 0 aromatic carbocycles. The quantitative estimate of drug-likeness (QED) is 0.850. The fraction of sp³-hybridized carbons (Fsp3) is 0.636. The van der Waals surface area contributed by atoms with Crippen LogP contribution in [0.1, 0.15) is 30.7 Å². The summed E-state index contributed by atoms with van der Waals surface area (Å²) in [4.78, 5) is 8.84. The molecule has 1 aromatic heterocycles. The van der Waals surface area contributed by atoms with Crippen LogP contribution >= 0.6 is 11.3 Å². The molecule has 0 amide bonds. The second kappa shape index (κ2) is 5.46. The number of methoxy groups -OCH3 is 1. The Hall–Kier alpha value is -1.14. The van der Waals surface area contributed by atoms with Gasteiger partial charge in [-0.1, -0.05) is 0 Å². The summed E-state index contributed by atoms with van der Waals surface area (Å²) in [5, 5.41) is 9.56. The average molecular weight is 254 g/mol. The molecule has 5 nitrogen and oxygen atoms in total. The highest BCUT2D eigenvalue weighted by Crippen LogP contribution is 2.20. The summed E-state index contributed by atoms with van der Waals surface area (Å²) in [6.45, 7) is 5.65. The van der Waals surface area contributed by atoms with E-state index in [9.17, 15) is 0 Å². The van der Waals surface area contributed by atoms with Crippen molar-refractivity contribution in [1.29, 1.82) is 0 Å². The predicted molar refractivity (Wildman–Crippen MR) is 69.3 cm³/mol. The molecule has 0 aliphatic carbocycles. The lowest BCUT2D eigenvalue weighted by Gasteiger charge is -2.07. The minimum atomic E-state index is 0.0655. The molecule has 1 aromatic rings. The van der Waals surface area contributed by atoms with E-state index in [1.54, 1.807) is 18.4 Å². The fourth-order valence-electron chi connectivity index (χ4n) is 1.53. The first-order valence-electron chi connectivity index (χ1n) is 5.71. The summed E-state index contributed by atoms with van der Waals surface area (Å²) in [5.41, 5.74) is 1.03. The van der Waals surface area contributed by atoms with E-state index in [1.165, 1.54) is 0 Å². The van der Waals surface area contributed by atoms with Gasteiger partial charge in [0.05, 0.1) is 18.8 Å². The molecule has 2 N–H and O–H groups in total.